The van der Waals surface area contributed by atoms with Crippen LogP contribution in [0.4, 0.5) is 4.39 Å². The van der Waals surface area contributed by atoms with Gasteiger partial charge in [-0.3, -0.25) is 9.78 Å². The molecule has 1 amide bonds. The maximum atomic E-state index is 12.9. The van der Waals surface area contributed by atoms with Crippen LogP contribution in [0.2, 0.25) is 0 Å². The van der Waals surface area contributed by atoms with Gasteiger partial charge in [-0.05, 0) is 60.9 Å². The fourth-order valence-corrected chi connectivity index (χ4v) is 3.44. The minimum Gasteiger partial charge on any atom is -0.495 e. The Labute approximate surface area is 158 Å². The van der Waals surface area contributed by atoms with Gasteiger partial charge in [0.05, 0.1) is 25.5 Å². The van der Waals surface area contributed by atoms with Crippen molar-refractivity contribution in [1.82, 2.24) is 10.3 Å². The molecule has 1 aromatic heterocycles. The molecule has 0 spiro atoms. The highest BCUT2D eigenvalue weighted by Crippen LogP contribution is 2.38. The summed E-state index contributed by atoms with van der Waals surface area (Å²) in [5.74, 6) is 0.540. The standard InChI is InChI=1S/C21H25FN2O3/c1-27-19-11-16(12-23-13-19)21(15-9-18(25)10-15)24-20(26)4-2-3-14-5-7-17(22)8-6-14/h5-8,11-13,15,18,21,25H,2-4,9-10H2,1H3,(H,24,26)/t15?,18?,21-/m1/s1. The van der Waals surface area contributed by atoms with Crippen molar-refractivity contribution in [2.45, 2.75) is 44.2 Å². The van der Waals surface area contributed by atoms with Gasteiger partial charge in [0, 0.05) is 12.6 Å². The van der Waals surface area contributed by atoms with Crippen LogP contribution in [-0.4, -0.2) is 29.2 Å². The second kappa shape index (κ2) is 8.95. The van der Waals surface area contributed by atoms with Gasteiger partial charge in [-0.1, -0.05) is 12.1 Å². The van der Waals surface area contributed by atoms with Crippen LogP contribution in [0.1, 0.15) is 42.9 Å². The van der Waals surface area contributed by atoms with Gasteiger partial charge in [-0.25, -0.2) is 4.39 Å². The van der Waals surface area contributed by atoms with E-state index in [9.17, 15) is 14.3 Å². The molecule has 1 fully saturated rings. The summed E-state index contributed by atoms with van der Waals surface area (Å²) >= 11 is 0. The van der Waals surface area contributed by atoms with Gasteiger partial charge < -0.3 is 15.2 Å². The topological polar surface area (TPSA) is 71.5 Å². The van der Waals surface area contributed by atoms with Crippen molar-refractivity contribution >= 4 is 5.91 Å². The molecular weight excluding hydrogens is 347 g/mol. The molecule has 0 aliphatic heterocycles. The minimum atomic E-state index is -0.300. The second-order valence-corrected chi connectivity index (χ2v) is 7.07. The first kappa shape index (κ1) is 19.3. The number of aryl methyl sites for hydroxylation is 1. The molecule has 0 bridgehead atoms. The van der Waals surface area contributed by atoms with Crippen LogP contribution in [0, 0.1) is 11.7 Å². The van der Waals surface area contributed by atoms with Gasteiger partial charge in [0.25, 0.3) is 0 Å². The molecule has 27 heavy (non-hydrogen) atoms. The third-order valence-electron chi connectivity index (χ3n) is 5.05. The molecule has 1 aliphatic carbocycles. The molecule has 6 heteroatoms. The van der Waals surface area contributed by atoms with Crippen molar-refractivity contribution in [2.24, 2.45) is 5.92 Å². The first-order valence-corrected chi connectivity index (χ1v) is 9.26. The van der Waals surface area contributed by atoms with Crippen molar-refractivity contribution < 1.29 is 19.0 Å². The Hall–Kier alpha value is -2.47. The van der Waals surface area contributed by atoms with E-state index < -0.39 is 0 Å². The van der Waals surface area contributed by atoms with E-state index in [1.54, 1.807) is 31.6 Å². The van der Waals surface area contributed by atoms with Gasteiger partial charge in [-0.15, -0.1) is 0 Å². The molecule has 1 saturated carbocycles. The normalized spacial score (nSPS) is 19.8. The molecule has 0 unspecified atom stereocenters. The third kappa shape index (κ3) is 5.26. The maximum Gasteiger partial charge on any atom is 0.220 e. The number of carbonyl (C=O) groups is 1. The Balaban J connectivity index is 1.58. The Morgan fingerprint density at radius 1 is 1.33 bits per heavy atom. The lowest BCUT2D eigenvalue weighted by atomic mass is 9.75. The van der Waals surface area contributed by atoms with Crippen LogP contribution in [0.15, 0.2) is 42.7 Å². The van der Waals surface area contributed by atoms with E-state index in [2.05, 4.69) is 10.3 Å². The molecule has 1 aromatic carbocycles. The van der Waals surface area contributed by atoms with Crippen molar-refractivity contribution in [3.8, 4) is 5.75 Å². The lowest BCUT2D eigenvalue weighted by molar-refractivity contribution is -0.123. The Morgan fingerprint density at radius 3 is 2.74 bits per heavy atom. The molecule has 0 radical (unpaired) electrons. The van der Waals surface area contributed by atoms with E-state index in [0.29, 0.717) is 31.4 Å². The molecule has 1 aliphatic rings. The summed E-state index contributed by atoms with van der Waals surface area (Å²) in [7, 11) is 1.58. The second-order valence-electron chi connectivity index (χ2n) is 7.07. The molecule has 3 rings (SSSR count). The molecule has 2 N–H and O–H groups in total. The van der Waals surface area contributed by atoms with Crippen molar-refractivity contribution in [2.75, 3.05) is 7.11 Å². The Morgan fingerprint density at radius 2 is 2.07 bits per heavy atom. The van der Waals surface area contributed by atoms with Gasteiger partial charge in [0.1, 0.15) is 11.6 Å². The van der Waals surface area contributed by atoms with Crippen molar-refractivity contribution in [3.63, 3.8) is 0 Å². The van der Waals surface area contributed by atoms with E-state index in [4.69, 9.17) is 4.74 Å². The largest absolute Gasteiger partial charge is 0.495 e. The number of hydrogen-bond donors (Lipinski definition) is 2. The molecule has 5 nitrogen and oxygen atoms in total. The number of ether oxygens (including phenoxy) is 1. The molecule has 2 aromatic rings. The number of nitrogens with one attached hydrogen (secondary N) is 1. The van der Waals surface area contributed by atoms with Gasteiger partial charge in [0.2, 0.25) is 5.91 Å². The number of rotatable bonds is 8. The lowest BCUT2D eigenvalue weighted by Crippen LogP contribution is -2.41. The molecule has 1 heterocycles. The number of hydrogen-bond acceptors (Lipinski definition) is 4. The zero-order chi connectivity index (χ0) is 19.2. The van der Waals surface area contributed by atoms with Crippen LogP contribution in [-0.2, 0) is 11.2 Å². The first-order chi connectivity index (χ1) is 13.0. The molecule has 144 valence electrons. The summed E-state index contributed by atoms with van der Waals surface area (Å²) in [6.07, 6.45) is 6.19. The number of carbonyl (C=O) groups excluding carboxylic acids is 1. The van der Waals surface area contributed by atoms with E-state index in [-0.39, 0.29) is 29.8 Å². The highest BCUT2D eigenvalue weighted by molar-refractivity contribution is 5.76. The highest BCUT2D eigenvalue weighted by Gasteiger charge is 2.35. The zero-order valence-electron chi connectivity index (χ0n) is 15.4. The van der Waals surface area contributed by atoms with Crippen LogP contribution in [0.25, 0.3) is 0 Å². The van der Waals surface area contributed by atoms with Crippen LogP contribution >= 0.6 is 0 Å². The molecular formula is C21H25FN2O3. The summed E-state index contributed by atoms with van der Waals surface area (Å²) in [5, 5.41) is 12.8. The van der Waals surface area contributed by atoms with Gasteiger partial charge >= 0.3 is 0 Å². The lowest BCUT2D eigenvalue weighted by Gasteiger charge is -2.38. The van der Waals surface area contributed by atoms with E-state index in [1.807, 2.05) is 6.07 Å². The monoisotopic (exact) mass is 372 g/mol. The van der Waals surface area contributed by atoms with Crippen LogP contribution in [0.5, 0.6) is 5.75 Å². The zero-order valence-corrected chi connectivity index (χ0v) is 15.4. The first-order valence-electron chi connectivity index (χ1n) is 9.26. The summed E-state index contributed by atoms with van der Waals surface area (Å²) < 4.78 is 18.2. The van der Waals surface area contributed by atoms with E-state index in [0.717, 1.165) is 17.5 Å². The van der Waals surface area contributed by atoms with E-state index in [1.165, 1.54) is 12.1 Å². The summed E-state index contributed by atoms with van der Waals surface area (Å²) in [4.78, 5) is 16.6. The number of halogens is 1. The molecule has 1 atom stereocenters. The number of benzene rings is 1. The number of methoxy groups -OCH3 is 1. The predicted molar refractivity (Wildman–Crippen MR) is 99.7 cm³/mol. The average Bonchev–Trinajstić information content (AvgIpc) is 2.65. The van der Waals surface area contributed by atoms with Crippen LogP contribution in [0.3, 0.4) is 0 Å². The van der Waals surface area contributed by atoms with Crippen molar-refractivity contribution in [1.29, 1.82) is 0 Å². The predicted octanol–water partition coefficient (Wildman–Crippen LogP) is 3.18. The van der Waals surface area contributed by atoms with E-state index >= 15 is 0 Å². The number of aliphatic hydroxyl groups excluding tert-OH is 1. The number of amides is 1. The SMILES string of the molecule is COc1cncc([C@H](NC(=O)CCCc2ccc(F)cc2)C2CC(O)C2)c1. The highest BCUT2D eigenvalue weighted by atomic mass is 19.1. The summed E-state index contributed by atoms with van der Waals surface area (Å²) in [6, 6.07) is 8.05. The number of aliphatic hydroxyl groups is 1. The summed E-state index contributed by atoms with van der Waals surface area (Å²) in [5.41, 5.74) is 1.90. The quantitative estimate of drug-likeness (QED) is 0.747. The fraction of sp³-hybridized carbons (Fsp3) is 0.429. The number of pyridine rings is 1. The minimum absolute atomic E-state index is 0.0358. The van der Waals surface area contributed by atoms with Gasteiger partial charge in [0.15, 0.2) is 0 Å². The summed E-state index contributed by atoms with van der Waals surface area (Å²) in [6.45, 7) is 0. The van der Waals surface area contributed by atoms with Gasteiger partial charge in [-0.2, -0.15) is 0 Å². The maximum absolute atomic E-state index is 12.9. The Bertz CT molecular complexity index is 760. The fourth-order valence-electron chi connectivity index (χ4n) is 3.44. The average molecular weight is 372 g/mol. The Kier molecular flexibility index (Phi) is 6.40. The smallest absolute Gasteiger partial charge is 0.220 e. The van der Waals surface area contributed by atoms with Crippen molar-refractivity contribution in [3.05, 3.63) is 59.7 Å². The number of aromatic nitrogens is 1. The number of nitrogens with zero attached hydrogens (tertiary/aromatic N) is 1. The van der Waals surface area contributed by atoms with Crippen LogP contribution < -0.4 is 10.1 Å². The third-order valence-corrected chi connectivity index (χ3v) is 5.05. The molecule has 0 saturated heterocycles.